The molecule has 38 heavy (non-hydrogen) atoms. The van der Waals surface area contributed by atoms with Crippen molar-refractivity contribution in [3.8, 4) is 17.3 Å². The number of hydrogen-bond donors (Lipinski definition) is 0. The maximum Gasteiger partial charge on any atom is 0.192 e. The van der Waals surface area contributed by atoms with Crippen molar-refractivity contribution in [1.29, 1.82) is 5.26 Å². The molecule has 4 aromatic rings. The first-order valence-electron chi connectivity index (χ1n) is 12.9. The molecule has 3 aromatic heterocycles. The van der Waals surface area contributed by atoms with Gasteiger partial charge < -0.3 is 14.5 Å². The fourth-order valence-corrected chi connectivity index (χ4v) is 6.16. The number of nitriles is 1. The standard InChI is InChI=1S/C27H29FN8OS/c1-3-21-26(33(2)27-31-25(22(16-29)38-27)18-4-6-19(28)7-5-18)36-23(30-21)8-9-24(32-36)35-11-10-20(17-35)34-12-14-37-15-13-34/h4-9,20H,3,10-15,17H2,1-2H3/t20-/m1/s1. The van der Waals surface area contributed by atoms with E-state index < -0.39 is 0 Å². The van der Waals surface area contributed by atoms with Gasteiger partial charge in [-0.05, 0) is 49.2 Å². The Hall–Kier alpha value is -3.59. The van der Waals surface area contributed by atoms with Gasteiger partial charge in [-0.25, -0.2) is 14.4 Å². The Morgan fingerprint density at radius 1 is 1.13 bits per heavy atom. The number of nitrogens with zero attached hydrogens (tertiary/aromatic N) is 8. The number of imidazole rings is 1. The Morgan fingerprint density at radius 2 is 1.92 bits per heavy atom. The van der Waals surface area contributed by atoms with Crippen LogP contribution >= 0.6 is 11.3 Å². The summed E-state index contributed by atoms with van der Waals surface area (Å²) in [6.45, 7) is 7.55. The topological polar surface area (TPSA) is 85.8 Å². The Kier molecular flexibility index (Phi) is 6.69. The van der Waals surface area contributed by atoms with E-state index in [4.69, 9.17) is 19.8 Å². The average Bonchev–Trinajstić information content (AvgIpc) is 3.70. The lowest BCUT2D eigenvalue weighted by Crippen LogP contribution is -2.44. The molecule has 6 rings (SSSR count). The van der Waals surface area contributed by atoms with Crippen LogP contribution in [0.25, 0.3) is 16.9 Å². The van der Waals surface area contributed by atoms with E-state index in [0.29, 0.717) is 27.3 Å². The maximum absolute atomic E-state index is 13.5. The number of aromatic nitrogens is 4. The lowest BCUT2D eigenvalue weighted by molar-refractivity contribution is 0.0209. The molecular formula is C27H29FN8OS. The van der Waals surface area contributed by atoms with Crippen molar-refractivity contribution in [2.75, 3.05) is 56.2 Å². The number of morpholine rings is 1. The molecule has 0 radical (unpaired) electrons. The Bertz CT molecular complexity index is 1490. The van der Waals surface area contributed by atoms with Crippen molar-refractivity contribution < 1.29 is 9.13 Å². The minimum Gasteiger partial charge on any atom is -0.379 e. The highest BCUT2D eigenvalue weighted by molar-refractivity contribution is 7.16. The smallest absolute Gasteiger partial charge is 0.192 e. The largest absolute Gasteiger partial charge is 0.379 e. The van der Waals surface area contributed by atoms with Crippen LogP contribution in [0.3, 0.4) is 0 Å². The molecule has 196 valence electrons. The number of hydrogen-bond acceptors (Lipinski definition) is 9. The lowest BCUT2D eigenvalue weighted by atomic mass is 10.1. The van der Waals surface area contributed by atoms with Crippen LogP contribution in [0.4, 0.5) is 21.2 Å². The highest BCUT2D eigenvalue weighted by Crippen LogP contribution is 2.37. The van der Waals surface area contributed by atoms with Gasteiger partial charge in [0.25, 0.3) is 0 Å². The molecule has 2 fully saturated rings. The second kappa shape index (κ2) is 10.3. The third kappa shape index (κ3) is 4.49. The van der Waals surface area contributed by atoms with E-state index in [1.54, 1.807) is 12.1 Å². The van der Waals surface area contributed by atoms with Gasteiger partial charge in [-0.15, -0.1) is 5.10 Å². The molecule has 0 saturated carbocycles. The summed E-state index contributed by atoms with van der Waals surface area (Å²) >= 11 is 1.30. The van der Waals surface area contributed by atoms with Crippen molar-refractivity contribution in [3.63, 3.8) is 0 Å². The van der Waals surface area contributed by atoms with E-state index in [1.807, 2.05) is 22.5 Å². The summed E-state index contributed by atoms with van der Waals surface area (Å²) in [7, 11) is 1.93. The Balaban J connectivity index is 1.33. The number of ether oxygens (including phenoxy) is 1. The summed E-state index contributed by atoms with van der Waals surface area (Å²) in [5.41, 5.74) is 2.93. The van der Waals surface area contributed by atoms with E-state index in [0.717, 1.165) is 75.2 Å². The van der Waals surface area contributed by atoms with E-state index in [2.05, 4.69) is 28.9 Å². The molecule has 2 aliphatic rings. The molecular weight excluding hydrogens is 503 g/mol. The number of benzene rings is 1. The van der Waals surface area contributed by atoms with E-state index in [1.165, 1.54) is 23.5 Å². The van der Waals surface area contributed by atoms with Crippen LogP contribution in [-0.4, -0.2) is 77.0 Å². The van der Waals surface area contributed by atoms with Crippen LogP contribution in [0.15, 0.2) is 36.4 Å². The first-order valence-corrected chi connectivity index (χ1v) is 13.7. The molecule has 0 bridgehead atoms. The summed E-state index contributed by atoms with van der Waals surface area (Å²) < 4.78 is 20.9. The van der Waals surface area contributed by atoms with Crippen LogP contribution < -0.4 is 9.80 Å². The minimum atomic E-state index is -0.325. The SMILES string of the molecule is CCc1nc2ccc(N3CC[C@@H](N4CCOCC4)C3)nn2c1N(C)c1nc(-c2ccc(F)cc2)c(C#N)s1. The fourth-order valence-electron chi connectivity index (χ4n) is 5.31. The number of thiazole rings is 1. The molecule has 0 spiro atoms. The van der Waals surface area contributed by atoms with Crippen molar-refractivity contribution >= 4 is 33.8 Å². The maximum atomic E-state index is 13.5. The molecule has 11 heteroatoms. The molecule has 2 aliphatic heterocycles. The zero-order valence-electron chi connectivity index (χ0n) is 21.5. The van der Waals surface area contributed by atoms with Crippen LogP contribution in [0.1, 0.15) is 23.9 Å². The number of aryl methyl sites for hydroxylation is 1. The summed E-state index contributed by atoms with van der Waals surface area (Å²) in [5, 5.41) is 15.5. The molecule has 9 nitrogen and oxygen atoms in total. The number of fused-ring (bicyclic) bond motifs is 1. The normalized spacial score (nSPS) is 18.3. The van der Waals surface area contributed by atoms with Gasteiger partial charge in [0.2, 0.25) is 0 Å². The lowest BCUT2D eigenvalue weighted by Gasteiger charge is -2.32. The van der Waals surface area contributed by atoms with Gasteiger partial charge in [-0.1, -0.05) is 18.3 Å². The van der Waals surface area contributed by atoms with Crippen molar-refractivity contribution in [2.24, 2.45) is 0 Å². The highest BCUT2D eigenvalue weighted by Gasteiger charge is 2.30. The quantitative estimate of drug-likeness (QED) is 0.367. The van der Waals surface area contributed by atoms with Gasteiger partial charge in [0.1, 0.15) is 28.3 Å². The number of rotatable bonds is 6. The molecule has 0 amide bonds. The van der Waals surface area contributed by atoms with Crippen molar-refractivity contribution in [1.82, 2.24) is 24.5 Å². The van der Waals surface area contributed by atoms with Crippen molar-refractivity contribution in [2.45, 2.75) is 25.8 Å². The van der Waals surface area contributed by atoms with E-state index in [9.17, 15) is 9.65 Å². The van der Waals surface area contributed by atoms with Crippen molar-refractivity contribution in [3.05, 3.63) is 52.8 Å². The zero-order chi connectivity index (χ0) is 26.2. The average molecular weight is 533 g/mol. The molecule has 5 heterocycles. The second-order valence-corrected chi connectivity index (χ2v) is 10.6. The molecule has 2 saturated heterocycles. The summed E-state index contributed by atoms with van der Waals surface area (Å²) in [4.78, 5) is 16.9. The molecule has 1 aromatic carbocycles. The van der Waals surface area contributed by atoms with Gasteiger partial charge in [0.05, 0.1) is 18.9 Å². The third-order valence-corrected chi connectivity index (χ3v) is 8.37. The first-order chi connectivity index (χ1) is 18.6. The minimum absolute atomic E-state index is 0.325. The Morgan fingerprint density at radius 3 is 2.66 bits per heavy atom. The summed E-state index contributed by atoms with van der Waals surface area (Å²) in [6.07, 6.45) is 1.83. The van der Waals surface area contributed by atoms with Crippen LogP contribution in [0.2, 0.25) is 0 Å². The monoisotopic (exact) mass is 532 g/mol. The zero-order valence-corrected chi connectivity index (χ0v) is 22.3. The van der Waals surface area contributed by atoms with Gasteiger partial charge in [0.15, 0.2) is 16.6 Å². The second-order valence-electron chi connectivity index (χ2n) is 9.59. The molecule has 1 atom stereocenters. The highest BCUT2D eigenvalue weighted by atomic mass is 32.1. The van der Waals surface area contributed by atoms with Gasteiger partial charge in [-0.2, -0.15) is 9.78 Å². The number of anilines is 3. The van der Waals surface area contributed by atoms with E-state index >= 15 is 0 Å². The summed E-state index contributed by atoms with van der Waals surface area (Å²) in [5.74, 6) is 1.43. The summed E-state index contributed by atoms with van der Waals surface area (Å²) in [6, 6.07) is 12.9. The molecule has 0 aliphatic carbocycles. The van der Waals surface area contributed by atoms with Gasteiger partial charge in [-0.3, -0.25) is 4.90 Å². The molecule has 0 N–H and O–H groups in total. The fraction of sp³-hybridized carbons (Fsp3) is 0.407. The van der Waals surface area contributed by atoms with Gasteiger partial charge >= 0.3 is 0 Å². The predicted molar refractivity (Wildman–Crippen MR) is 146 cm³/mol. The predicted octanol–water partition coefficient (Wildman–Crippen LogP) is 4.10. The first kappa shape index (κ1) is 24.7. The van der Waals surface area contributed by atoms with Crippen LogP contribution in [0, 0.1) is 17.1 Å². The third-order valence-electron chi connectivity index (χ3n) is 7.33. The van der Waals surface area contributed by atoms with Crippen LogP contribution in [-0.2, 0) is 11.2 Å². The van der Waals surface area contributed by atoms with Gasteiger partial charge in [0, 0.05) is 44.8 Å². The van der Waals surface area contributed by atoms with Crippen LogP contribution in [0.5, 0.6) is 0 Å². The van der Waals surface area contributed by atoms with E-state index in [-0.39, 0.29) is 5.82 Å². The Labute approximate surface area is 224 Å². The number of halogens is 1. The molecule has 0 unspecified atom stereocenters.